The van der Waals surface area contributed by atoms with E-state index in [1.54, 1.807) is 18.7 Å². The Morgan fingerprint density at radius 2 is 2.21 bits per heavy atom. The summed E-state index contributed by atoms with van der Waals surface area (Å²) in [6.07, 6.45) is 8.37. The molecule has 1 fully saturated rings. The third-order valence-corrected chi connectivity index (χ3v) is 3.93. The fourth-order valence-electron chi connectivity index (χ4n) is 2.70. The number of piperidine rings is 1. The lowest BCUT2D eigenvalue weighted by atomic mass is 9.91. The van der Waals surface area contributed by atoms with Crippen molar-refractivity contribution in [3.63, 3.8) is 0 Å². The summed E-state index contributed by atoms with van der Waals surface area (Å²) in [6.45, 7) is 2.07. The maximum atomic E-state index is 10.6. The van der Waals surface area contributed by atoms with Gasteiger partial charge in [-0.05, 0) is 38.9 Å². The van der Waals surface area contributed by atoms with Gasteiger partial charge in [-0.15, -0.1) is 0 Å². The summed E-state index contributed by atoms with van der Waals surface area (Å²) in [5.74, 6) is 0.986. The van der Waals surface area contributed by atoms with E-state index in [9.17, 15) is 5.11 Å². The van der Waals surface area contributed by atoms with E-state index in [0.29, 0.717) is 5.82 Å². The molecule has 1 unspecified atom stereocenters. The van der Waals surface area contributed by atoms with Gasteiger partial charge in [0.2, 0.25) is 0 Å². The first-order chi connectivity index (χ1) is 9.25. The molecule has 1 aliphatic heterocycles. The highest BCUT2D eigenvalue weighted by Gasteiger charge is 2.28. The predicted octanol–water partition coefficient (Wildman–Crippen LogP) is 1.84. The van der Waals surface area contributed by atoms with Crippen LogP contribution < -0.4 is 0 Å². The molecule has 0 saturated carbocycles. The van der Waals surface area contributed by atoms with Crippen molar-refractivity contribution < 1.29 is 9.52 Å². The van der Waals surface area contributed by atoms with Crippen molar-refractivity contribution in [3.8, 4) is 5.69 Å². The molecule has 102 valence electrons. The summed E-state index contributed by atoms with van der Waals surface area (Å²) in [4.78, 5) is 6.62. The zero-order chi connectivity index (χ0) is 13.2. The molecule has 1 N–H and O–H groups in total. The lowest BCUT2D eigenvalue weighted by Gasteiger charge is -2.31. The summed E-state index contributed by atoms with van der Waals surface area (Å²) < 4.78 is 6.99. The first kappa shape index (κ1) is 12.4. The zero-order valence-electron chi connectivity index (χ0n) is 11.1. The summed E-state index contributed by atoms with van der Waals surface area (Å²) in [6, 6.07) is 1.87. The minimum absolute atomic E-state index is 0.282. The Morgan fingerprint density at radius 1 is 1.42 bits per heavy atom. The third kappa shape index (κ3) is 2.43. The Hall–Kier alpha value is -1.59. The largest absolute Gasteiger partial charge is 0.470 e. The van der Waals surface area contributed by atoms with Crippen molar-refractivity contribution in [2.45, 2.75) is 18.9 Å². The Morgan fingerprint density at radius 3 is 2.89 bits per heavy atom. The van der Waals surface area contributed by atoms with Gasteiger partial charge in [0.15, 0.2) is 0 Å². The smallest absolute Gasteiger partial charge is 0.142 e. The van der Waals surface area contributed by atoms with Gasteiger partial charge >= 0.3 is 0 Å². The third-order valence-electron chi connectivity index (χ3n) is 3.93. The highest BCUT2D eigenvalue weighted by atomic mass is 16.3. The van der Waals surface area contributed by atoms with Crippen molar-refractivity contribution in [3.05, 3.63) is 36.8 Å². The van der Waals surface area contributed by atoms with Gasteiger partial charge in [-0.3, -0.25) is 4.57 Å². The van der Waals surface area contributed by atoms with Gasteiger partial charge in [-0.25, -0.2) is 4.98 Å². The topological polar surface area (TPSA) is 54.4 Å². The second kappa shape index (κ2) is 5.19. The van der Waals surface area contributed by atoms with Gasteiger partial charge in [0.05, 0.1) is 12.0 Å². The Bertz CT molecular complexity index is 513. The minimum atomic E-state index is -0.515. The number of nitrogens with zero attached hydrogens (tertiary/aromatic N) is 3. The average molecular weight is 261 g/mol. The lowest BCUT2D eigenvalue weighted by molar-refractivity contribution is 0.0583. The number of aliphatic hydroxyl groups is 1. The van der Waals surface area contributed by atoms with Crippen LogP contribution in [0, 0.1) is 5.92 Å². The molecule has 1 aliphatic rings. The normalized spacial score (nSPS) is 19.7. The number of rotatable bonds is 3. The first-order valence-electron chi connectivity index (χ1n) is 6.68. The van der Waals surface area contributed by atoms with Gasteiger partial charge < -0.3 is 14.4 Å². The fourth-order valence-corrected chi connectivity index (χ4v) is 2.70. The van der Waals surface area contributed by atoms with Crippen LogP contribution in [0.4, 0.5) is 0 Å². The molecule has 0 bridgehead atoms. The van der Waals surface area contributed by atoms with E-state index in [-0.39, 0.29) is 5.92 Å². The van der Waals surface area contributed by atoms with E-state index in [1.807, 2.05) is 16.8 Å². The van der Waals surface area contributed by atoms with Crippen LogP contribution in [0.15, 0.2) is 35.4 Å². The number of likely N-dealkylation sites (tertiary alicyclic amines) is 1. The van der Waals surface area contributed by atoms with E-state index < -0.39 is 6.10 Å². The van der Waals surface area contributed by atoms with E-state index in [0.717, 1.165) is 31.6 Å². The average Bonchev–Trinajstić information content (AvgIpc) is 3.09. The molecule has 0 amide bonds. The first-order valence-corrected chi connectivity index (χ1v) is 6.68. The molecule has 5 heteroatoms. The number of furan rings is 1. The quantitative estimate of drug-likeness (QED) is 0.916. The second-order valence-corrected chi connectivity index (χ2v) is 5.22. The minimum Gasteiger partial charge on any atom is -0.470 e. The molecule has 2 aromatic rings. The maximum Gasteiger partial charge on any atom is 0.142 e. The van der Waals surface area contributed by atoms with Crippen LogP contribution in [-0.4, -0.2) is 39.7 Å². The number of hydrogen-bond donors (Lipinski definition) is 1. The fraction of sp³-hybridized carbons (Fsp3) is 0.500. The monoisotopic (exact) mass is 261 g/mol. The summed E-state index contributed by atoms with van der Waals surface area (Å²) in [5.41, 5.74) is 0.902. The van der Waals surface area contributed by atoms with E-state index in [1.165, 1.54) is 0 Å². The zero-order valence-corrected chi connectivity index (χ0v) is 11.1. The molecule has 0 aliphatic carbocycles. The molecular formula is C14H19N3O2. The SMILES string of the molecule is CN1CCC(C(O)c2nccn2-c2ccoc2)CC1. The number of imidazole rings is 1. The van der Waals surface area contributed by atoms with Gasteiger partial charge in [-0.1, -0.05) is 0 Å². The highest BCUT2D eigenvalue weighted by molar-refractivity contribution is 5.29. The van der Waals surface area contributed by atoms with Crippen molar-refractivity contribution in [2.24, 2.45) is 5.92 Å². The summed E-state index contributed by atoms with van der Waals surface area (Å²) >= 11 is 0. The molecule has 5 nitrogen and oxygen atoms in total. The predicted molar refractivity (Wildman–Crippen MR) is 71.0 cm³/mol. The van der Waals surface area contributed by atoms with E-state index >= 15 is 0 Å². The molecule has 0 aromatic carbocycles. The summed E-state index contributed by atoms with van der Waals surface area (Å²) in [5, 5.41) is 10.6. The number of hydrogen-bond acceptors (Lipinski definition) is 4. The van der Waals surface area contributed by atoms with Gasteiger partial charge in [0, 0.05) is 18.5 Å². The number of aromatic nitrogens is 2. The molecule has 19 heavy (non-hydrogen) atoms. The van der Waals surface area contributed by atoms with E-state index in [4.69, 9.17) is 4.42 Å². The van der Waals surface area contributed by atoms with Crippen molar-refractivity contribution >= 4 is 0 Å². The van der Waals surface area contributed by atoms with Crippen LogP contribution in [-0.2, 0) is 0 Å². The molecule has 3 rings (SSSR count). The Labute approximate surface area is 112 Å². The summed E-state index contributed by atoms with van der Waals surface area (Å²) in [7, 11) is 2.12. The highest BCUT2D eigenvalue weighted by Crippen LogP contribution is 2.30. The number of aliphatic hydroxyl groups excluding tert-OH is 1. The molecule has 2 aromatic heterocycles. The van der Waals surface area contributed by atoms with Gasteiger partial charge in [0.1, 0.15) is 18.2 Å². The van der Waals surface area contributed by atoms with Crippen LogP contribution in [0.2, 0.25) is 0 Å². The molecule has 3 heterocycles. The van der Waals surface area contributed by atoms with Crippen LogP contribution in [0.25, 0.3) is 5.69 Å². The van der Waals surface area contributed by atoms with Gasteiger partial charge in [0.25, 0.3) is 0 Å². The second-order valence-electron chi connectivity index (χ2n) is 5.22. The van der Waals surface area contributed by atoms with Crippen LogP contribution in [0.1, 0.15) is 24.8 Å². The van der Waals surface area contributed by atoms with Crippen LogP contribution in [0.5, 0.6) is 0 Å². The standard InChI is InChI=1S/C14H19N3O2/c1-16-6-2-11(3-7-16)13(18)14-15-5-8-17(14)12-4-9-19-10-12/h4-5,8-11,13,18H,2-3,6-7H2,1H3. The molecule has 0 radical (unpaired) electrons. The van der Waals surface area contributed by atoms with Crippen LogP contribution in [0.3, 0.4) is 0 Å². The van der Waals surface area contributed by atoms with Crippen LogP contribution >= 0.6 is 0 Å². The van der Waals surface area contributed by atoms with Crippen molar-refractivity contribution in [1.29, 1.82) is 0 Å². The molecular weight excluding hydrogens is 242 g/mol. The molecule has 1 atom stereocenters. The lowest BCUT2D eigenvalue weighted by Crippen LogP contribution is -2.33. The Kier molecular flexibility index (Phi) is 3.40. The molecule has 1 saturated heterocycles. The van der Waals surface area contributed by atoms with Gasteiger partial charge in [-0.2, -0.15) is 0 Å². The Balaban J connectivity index is 1.81. The van der Waals surface area contributed by atoms with E-state index in [2.05, 4.69) is 16.9 Å². The molecule has 0 spiro atoms. The van der Waals surface area contributed by atoms with Crippen molar-refractivity contribution in [1.82, 2.24) is 14.5 Å². The maximum absolute atomic E-state index is 10.6. The van der Waals surface area contributed by atoms with Crippen molar-refractivity contribution in [2.75, 3.05) is 20.1 Å².